The quantitative estimate of drug-likeness (QED) is 0.465. The largest absolute Gasteiger partial charge is 0.504 e. The van der Waals surface area contributed by atoms with Gasteiger partial charge in [0.05, 0.1) is 13.3 Å². The number of amides is 2. The van der Waals surface area contributed by atoms with Crippen LogP contribution in [-0.4, -0.2) is 40.7 Å². The van der Waals surface area contributed by atoms with Gasteiger partial charge in [-0.25, -0.2) is 0 Å². The maximum Gasteiger partial charge on any atom is 0.240 e. The van der Waals surface area contributed by atoms with Crippen LogP contribution in [0.15, 0.2) is 46.6 Å². The summed E-state index contributed by atoms with van der Waals surface area (Å²) in [6.07, 6.45) is 1.45. The Bertz CT molecular complexity index is 1040. The van der Waals surface area contributed by atoms with Gasteiger partial charge in [-0.1, -0.05) is 29.4 Å². The molecule has 1 heterocycles. The van der Waals surface area contributed by atoms with E-state index < -0.39 is 5.25 Å². The molecule has 2 aromatic carbocycles. The van der Waals surface area contributed by atoms with Gasteiger partial charge >= 0.3 is 0 Å². The van der Waals surface area contributed by atoms with Crippen LogP contribution in [0.5, 0.6) is 11.5 Å². The highest BCUT2D eigenvalue weighted by Crippen LogP contribution is 2.26. The maximum atomic E-state index is 12.3. The zero-order chi connectivity index (χ0) is 21.7. The predicted molar refractivity (Wildman–Crippen MR) is 119 cm³/mol. The van der Waals surface area contributed by atoms with Gasteiger partial charge in [-0.3, -0.25) is 9.59 Å². The third kappa shape index (κ3) is 5.52. The Morgan fingerprint density at radius 3 is 2.90 bits per heavy atom. The number of phenolic OH excluding ortho intramolecular Hbond substituents is 1. The number of nitrogens with zero attached hydrogens (tertiary/aromatic N) is 2. The molecular weight excluding hydrogens is 428 g/mol. The van der Waals surface area contributed by atoms with Crippen molar-refractivity contribution < 1.29 is 19.4 Å². The van der Waals surface area contributed by atoms with E-state index in [1.807, 2.05) is 6.92 Å². The Morgan fingerprint density at radius 2 is 2.17 bits per heavy atom. The number of carbonyl (C=O) groups excluding carboxylic acids is 2. The molecule has 0 saturated carbocycles. The Balaban J connectivity index is 1.57. The first-order valence-corrected chi connectivity index (χ1v) is 10.1. The van der Waals surface area contributed by atoms with Crippen LogP contribution in [0.1, 0.15) is 17.5 Å². The monoisotopic (exact) mass is 446 g/mol. The molecule has 156 valence electrons. The molecule has 3 N–H and O–H groups in total. The molecule has 1 atom stereocenters. The fourth-order valence-corrected chi connectivity index (χ4v) is 3.66. The van der Waals surface area contributed by atoms with Crippen LogP contribution in [0.3, 0.4) is 0 Å². The van der Waals surface area contributed by atoms with Crippen molar-refractivity contribution in [1.29, 1.82) is 0 Å². The van der Waals surface area contributed by atoms with Crippen LogP contribution in [-0.2, 0) is 9.59 Å². The number of hydrogen-bond donors (Lipinski definition) is 3. The standard InChI is InChI=1S/C20H19ClN4O4S/c1-11-3-5-13(8-14(11)21)23-18(27)9-17-19(28)24-20(30-17)25-22-10-12-4-6-15(26)16(7-12)29-2/h3-8,10,17,26H,9H2,1-2H3,(H,23,27)(H,24,25,28)/b22-10+/t17-/m0/s1. The van der Waals surface area contributed by atoms with E-state index in [0.29, 0.717) is 27.2 Å². The van der Waals surface area contributed by atoms with Gasteiger partial charge in [0.15, 0.2) is 16.7 Å². The second-order valence-corrected chi connectivity index (χ2v) is 7.99. The van der Waals surface area contributed by atoms with E-state index in [1.54, 1.807) is 30.3 Å². The molecule has 0 unspecified atom stereocenters. The first-order valence-electron chi connectivity index (χ1n) is 8.87. The van der Waals surface area contributed by atoms with Crippen molar-refractivity contribution >= 4 is 52.2 Å². The fourth-order valence-electron chi connectivity index (χ4n) is 2.56. The average molecular weight is 447 g/mol. The second-order valence-electron chi connectivity index (χ2n) is 6.39. The zero-order valence-corrected chi connectivity index (χ0v) is 17.8. The SMILES string of the molecule is COc1cc(/C=N/N=C2\NC(=O)[C@H](CC(=O)Nc3ccc(C)c(Cl)c3)S2)ccc1O. The number of amidine groups is 1. The zero-order valence-electron chi connectivity index (χ0n) is 16.2. The number of aromatic hydroxyl groups is 1. The van der Waals surface area contributed by atoms with E-state index >= 15 is 0 Å². The van der Waals surface area contributed by atoms with Crippen molar-refractivity contribution in [3.63, 3.8) is 0 Å². The third-order valence-electron chi connectivity index (χ3n) is 4.16. The second kappa shape index (κ2) is 9.64. The van der Waals surface area contributed by atoms with E-state index in [0.717, 1.165) is 17.3 Å². The summed E-state index contributed by atoms with van der Waals surface area (Å²) < 4.78 is 5.03. The first-order chi connectivity index (χ1) is 14.4. The number of phenols is 1. The van der Waals surface area contributed by atoms with Crippen molar-refractivity contribution in [2.75, 3.05) is 12.4 Å². The van der Waals surface area contributed by atoms with Crippen LogP contribution in [0.25, 0.3) is 0 Å². The summed E-state index contributed by atoms with van der Waals surface area (Å²) in [6, 6.07) is 9.95. The number of halogens is 1. The molecule has 3 rings (SSSR count). The van der Waals surface area contributed by atoms with Gasteiger partial charge < -0.3 is 20.5 Å². The number of anilines is 1. The Labute approximate surface area is 182 Å². The van der Waals surface area contributed by atoms with Crippen LogP contribution < -0.4 is 15.4 Å². The Kier molecular flexibility index (Phi) is 6.96. The van der Waals surface area contributed by atoms with E-state index in [1.165, 1.54) is 19.4 Å². The molecule has 0 aliphatic carbocycles. The topological polar surface area (TPSA) is 112 Å². The normalized spacial score (nSPS) is 17.4. The number of rotatable bonds is 6. The summed E-state index contributed by atoms with van der Waals surface area (Å²) in [7, 11) is 1.45. The number of methoxy groups -OCH3 is 1. The van der Waals surface area contributed by atoms with Gasteiger partial charge in [0.25, 0.3) is 0 Å². The number of thioether (sulfide) groups is 1. The lowest BCUT2D eigenvalue weighted by molar-refractivity contribution is -0.122. The summed E-state index contributed by atoms with van der Waals surface area (Å²) >= 11 is 7.19. The highest BCUT2D eigenvalue weighted by Gasteiger charge is 2.32. The number of aryl methyl sites for hydroxylation is 1. The van der Waals surface area contributed by atoms with Gasteiger partial charge in [0.2, 0.25) is 11.8 Å². The Hall–Kier alpha value is -3.04. The lowest BCUT2D eigenvalue weighted by atomic mass is 10.2. The number of hydrogen-bond acceptors (Lipinski definition) is 7. The molecule has 1 aliphatic heterocycles. The minimum Gasteiger partial charge on any atom is -0.504 e. The van der Waals surface area contributed by atoms with Crippen molar-refractivity contribution in [3.8, 4) is 11.5 Å². The highest BCUT2D eigenvalue weighted by atomic mass is 35.5. The minimum atomic E-state index is -0.603. The summed E-state index contributed by atoms with van der Waals surface area (Å²) in [5.41, 5.74) is 2.14. The van der Waals surface area contributed by atoms with E-state index in [-0.39, 0.29) is 24.0 Å². The summed E-state index contributed by atoms with van der Waals surface area (Å²) in [6.45, 7) is 1.87. The molecule has 30 heavy (non-hydrogen) atoms. The van der Waals surface area contributed by atoms with Crippen LogP contribution >= 0.6 is 23.4 Å². The van der Waals surface area contributed by atoms with Gasteiger partial charge in [-0.05, 0) is 48.4 Å². The molecule has 0 aromatic heterocycles. The van der Waals surface area contributed by atoms with Crippen molar-refractivity contribution in [2.45, 2.75) is 18.6 Å². The average Bonchev–Trinajstić information content (AvgIpc) is 3.05. The van der Waals surface area contributed by atoms with Crippen molar-refractivity contribution in [3.05, 3.63) is 52.5 Å². The fraction of sp³-hybridized carbons (Fsp3) is 0.200. The molecule has 1 fully saturated rings. The van der Waals surface area contributed by atoms with Crippen molar-refractivity contribution in [1.82, 2.24) is 5.32 Å². The molecule has 2 amide bonds. The summed E-state index contributed by atoms with van der Waals surface area (Å²) in [4.78, 5) is 24.4. The number of benzene rings is 2. The van der Waals surface area contributed by atoms with Crippen LogP contribution in [0.2, 0.25) is 5.02 Å². The molecule has 1 aliphatic rings. The maximum absolute atomic E-state index is 12.3. The molecule has 1 saturated heterocycles. The molecule has 8 nitrogen and oxygen atoms in total. The lowest BCUT2D eigenvalue weighted by Gasteiger charge is -2.08. The predicted octanol–water partition coefficient (Wildman–Crippen LogP) is 3.31. The van der Waals surface area contributed by atoms with Gasteiger partial charge in [0.1, 0.15) is 5.25 Å². The molecule has 10 heteroatoms. The van der Waals surface area contributed by atoms with Gasteiger partial charge in [-0.2, -0.15) is 5.10 Å². The van der Waals surface area contributed by atoms with Crippen LogP contribution in [0, 0.1) is 6.92 Å². The molecule has 0 spiro atoms. The lowest BCUT2D eigenvalue weighted by Crippen LogP contribution is -2.28. The molecular formula is C20H19ClN4O4S. The van der Waals surface area contributed by atoms with E-state index in [4.69, 9.17) is 16.3 Å². The third-order valence-corrected chi connectivity index (χ3v) is 5.64. The summed E-state index contributed by atoms with van der Waals surface area (Å²) in [5.74, 6) is -0.273. The number of nitrogens with one attached hydrogen (secondary N) is 2. The van der Waals surface area contributed by atoms with Crippen LogP contribution in [0.4, 0.5) is 5.69 Å². The Morgan fingerprint density at radius 1 is 1.37 bits per heavy atom. The smallest absolute Gasteiger partial charge is 0.240 e. The summed E-state index contributed by atoms with van der Waals surface area (Å²) in [5, 5.41) is 23.1. The van der Waals surface area contributed by atoms with E-state index in [9.17, 15) is 14.7 Å². The molecule has 2 aromatic rings. The van der Waals surface area contributed by atoms with Crippen molar-refractivity contribution in [2.24, 2.45) is 10.2 Å². The highest BCUT2D eigenvalue weighted by molar-refractivity contribution is 8.15. The van der Waals surface area contributed by atoms with E-state index in [2.05, 4.69) is 20.8 Å². The molecule has 0 radical (unpaired) electrons. The minimum absolute atomic E-state index is 0.0140. The molecule has 0 bridgehead atoms. The van der Waals surface area contributed by atoms with Gasteiger partial charge in [0, 0.05) is 17.1 Å². The first kappa shape index (κ1) is 21.7. The number of ether oxygens (including phenoxy) is 1. The van der Waals surface area contributed by atoms with Gasteiger partial charge in [-0.15, -0.1) is 5.10 Å². The number of carbonyl (C=O) groups is 2.